The predicted octanol–water partition coefficient (Wildman–Crippen LogP) is 3.59. The van der Waals surface area contributed by atoms with Crippen LogP contribution in [0.15, 0.2) is 60.7 Å². The predicted molar refractivity (Wildman–Crippen MR) is 85.2 cm³/mol. The number of hydrogen-bond donors (Lipinski definition) is 0. The van der Waals surface area contributed by atoms with Crippen LogP contribution in [0.25, 0.3) is 17.0 Å². The topological polar surface area (TPSA) is 58.8 Å². The number of nitrogens with zero attached hydrogens (tertiary/aromatic N) is 3. The normalized spacial score (nSPS) is 10.7. The third-order valence-corrected chi connectivity index (χ3v) is 3.09. The summed E-state index contributed by atoms with van der Waals surface area (Å²) in [5, 5.41) is 9.80. The first kappa shape index (κ1) is 13.8. The van der Waals surface area contributed by atoms with E-state index in [9.17, 15) is 0 Å². The van der Waals surface area contributed by atoms with Gasteiger partial charge in [0.15, 0.2) is 0 Å². The highest BCUT2D eigenvalue weighted by Crippen LogP contribution is 2.21. The summed E-state index contributed by atoms with van der Waals surface area (Å²) >= 11 is 0. The molecule has 0 aliphatic heterocycles. The minimum absolute atomic E-state index is 0.112. The molecule has 3 aromatic rings. The Morgan fingerprint density at radius 1 is 1.00 bits per heavy atom. The van der Waals surface area contributed by atoms with Crippen LogP contribution in [-0.2, 0) is 0 Å². The molecule has 0 radical (unpaired) electrons. The van der Waals surface area contributed by atoms with Gasteiger partial charge < -0.3 is 4.74 Å². The maximum Gasteiger partial charge on any atom is 0.236 e. The Morgan fingerprint density at radius 2 is 1.77 bits per heavy atom. The first-order chi connectivity index (χ1) is 10.9. The molecule has 0 saturated heterocycles. The van der Waals surface area contributed by atoms with Crippen LogP contribution in [0, 0.1) is 11.3 Å². The monoisotopic (exact) mass is 287 g/mol. The van der Waals surface area contributed by atoms with Crippen molar-refractivity contribution in [2.45, 2.75) is 0 Å². The van der Waals surface area contributed by atoms with Crippen molar-refractivity contribution in [1.82, 2.24) is 9.97 Å². The zero-order valence-corrected chi connectivity index (χ0v) is 11.8. The molecule has 106 valence electrons. The minimum Gasteiger partial charge on any atom is -0.473 e. The molecule has 4 heteroatoms. The Morgan fingerprint density at radius 3 is 2.59 bits per heavy atom. The van der Waals surface area contributed by atoms with Gasteiger partial charge in [0, 0.05) is 0 Å². The number of fused-ring (bicyclic) bond motifs is 1. The van der Waals surface area contributed by atoms with E-state index in [4.69, 9.17) is 10.00 Å². The Kier molecular flexibility index (Phi) is 4.08. The third-order valence-electron chi connectivity index (χ3n) is 3.09. The van der Waals surface area contributed by atoms with Crippen molar-refractivity contribution in [2.75, 3.05) is 6.61 Å². The number of benzene rings is 2. The summed E-state index contributed by atoms with van der Waals surface area (Å²) in [4.78, 5) is 8.30. The Hall–Kier alpha value is -3.19. The molecule has 0 bridgehead atoms. The van der Waals surface area contributed by atoms with Crippen molar-refractivity contribution in [2.24, 2.45) is 0 Å². The molecule has 0 N–H and O–H groups in total. The highest BCUT2D eigenvalue weighted by Gasteiger charge is 2.07. The maximum absolute atomic E-state index is 9.00. The minimum atomic E-state index is 0.112. The number of nitriles is 1. The van der Waals surface area contributed by atoms with Crippen molar-refractivity contribution >= 4 is 17.0 Å². The van der Waals surface area contributed by atoms with Crippen LogP contribution in [0.5, 0.6) is 5.88 Å². The zero-order chi connectivity index (χ0) is 15.2. The number of ether oxygens (including phenoxy) is 1. The smallest absolute Gasteiger partial charge is 0.236 e. The molecular weight excluding hydrogens is 274 g/mol. The van der Waals surface area contributed by atoms with E-state index in [-0.39, 0.29) is 5.82 Å². The van der Waals surface area contributed by atoms with Gasteiger partial charge in [-0.25, -0.2) is 4.98 Å². The molecule has 2 aromatic carbocycles. The van der Waals surface area contributed by atoms with E-state index in [1.165, 1.54) is 0 Å². The molecule has 1 heterocycles. The number of hydrogen-bond acceptors (Lipinski definition) is 4. The molecule has 0 fully saturated rings. The Bertz CT molecular complexity index is 851. The highest BCUT2D eigenvalue weighted by atomic mass is 16.5. The molecule has 1 aromatic heterocycles. The van der Waals surface area contributed by atoms with Gasteiger partial charge in [0.05, 0.1) is 10.9 Å². The van der Waals surface area contributed by atoms with Gasteiger partial charge in [-0.1, -0.05) is 48.5 Å². The Labute approximate surface area is 128 Å². The molecule has 22 heavy (non-hydrogen) atoms. The van der Waals surface area contributed by atoms with Gasteiger partial charge >= 0.3 is 0 Å². The van der Waals surface area contributed by atoms with Crippen molar-refractivity contribution in [1.29, 1.82) is 5.26 Å². The van der Waals surface area contributed by atoms with E-state index in [1.807, 2.05) is 72.8 Å². The number of rotatable bonds is 4. The molecule has 0 aliphatic carbocycles. The molecule has 0 saturated carbocycles. The van der Waals surface area contributed by atoms with E-state index < -0.39 is 0 Å². The summed E-state index contributed by atoms with van der Waals surface area (Å²) < 4.78 is 5.69. The molecule has 4 nitrogen and oxygen atoms in total. The quantitative estimate of drug-likeness (QED) is 0.735. The van der Waals surface area contributed by atoms with Crippen LogP contribution in [0.2, 0.25) is 0 Å². The first-order valence-electron chi connectivity index (χ1n) is 6.88. The van der Waals surface area contributed by atoms with Crippen molar-refractivity contribution in [3.63, 3.8) is 0 Å². The van der Waals surface area contributed by atoms with Crippen LogP contribution >= 0.6 is 0 Å². The molecule has 0 unspecified atom stereocenters. The lowest BCUT2D eigenvalue weighted by Crippen LogP contribution is -2.00. The average molecular weight is 287 g/mol. The second-order valence-corrected chi connectivity index (χ2v) is 4.61. The fraction of sp³-hybridized carbons (Fsp3) is 0.0556. The van der Waals surface area contributed by atoms with Crippen LogP contribution in [0.4, 0.5) is 0 Å². The fourth-order valence-electron chi connectivity index (χ4n) is 2.08. The lowest BCUT2D eigenvalue weighted by Gasteiger charge is -2.06. The number of aromatic nitrogens is 2. The second kappa shape index (κ2) is 6.51. The summed E-state index contributed by atoms with van der Waals surface area (Å²) in [6, 6.07) is 19.4. The molecule has 0 amide bonds. The van der Waals surface area contributed by atoms with Gasteiger partial charge in [-0.15, -0.1) is 0 Å². The summed E-state index contributed by atoms with van der Waals surface area (Å²) in [7, 11) is 0. The van der Waals surface area contributed by atoms with E-state index >= 15 is 0 Å². The van der Waals surface area contributed by atoms with Gasteiger partial charge in [0.2, 0.25) is 11.7 Å². The molecular formula is C18H13N3O. The van der Waals surface area contributed by atoms with Crippen LogP contribution in [0.3, 0.4) is 0 Å². The summed E-state index contributed by atoms with van der Waals surface area (Å²) in [5.74, 6) is 0.542. The molecule has 0 spiro atoms. The lowest BCUT2D eigenvalue weighted by molar-refractivity contribution is 0.353. The van der Waals surface area contributed by atoms with Gasteiger partial charge in [-0.05, 0) is 23.8 Å². The van der Waals surface area contributed by atoms with Crippen LogP contribution in [-0.4, -0.2) is 16.6 Å². The molecule has 3 rings (SSSR count). The van der Waals surface area contributed by atoms with Gasteiger partial charge in [0.25, 0.3) is 0 Å². The fourth-order valence-corrected chi connectivity index (χ4v) is 2.08. The van der Waals surface area contributed by atoms with Gasteiger partial charge in [-0.3, -0.25) is 0 Å². The van der Waals surface area contributed by atoms with E-state index in [0.717, 1.165) is 10.9 Å². The van der Waals surface area contributed by atoms with Crippen molar-refractivity contribution in [3.8, 4) is 11.9 Å². The average Bonchev–Trinajstić information content (AvgIpc) is 2.59. The van der Waals surface area contributed by atoms with E-state index in [1.54, 1.807) is 0 Å². The second-order valence-electron chi connectivity index (χ2n) is 4.61. The highest BCUT2D eigenvalue weighted by molar-refractivity contribution is 5.83. The molecule has 0 atom stereocenters. The maximum atomic E-state index is 9.00. The SMILES string of the molecule is N#Cc1nc(OC/C=C/c2ccccc2)c2ccccc2n1. The van der Waals surface area contributed by atoms with Gasteiger partial charge in [0.1, 0.15) is 12.7 Å². The van der Waals surface area contributed by atoms with Crippen LogP contribution in [0.1, 0.15) is 11.4 Å². The summed E-state index contributed by atoms with van der Waals surface area (Å²) in [6.45, 7) is 0.376. The lowest BCUT2D eigenvalue weighted by atomic mass is 10.2. The molecule has 0 aliphatic rings. The zero-order valence-electron chi connectivity index (χ0n) is 11.8. The summed E-state index contributed by atoms with van der Waals surface area (Å²) in [5.41, 5.74) is 1.81. The van der Waals surface area contributed by atoms with Crippen molar-refractivity contribution < 1.29 is 4.74 Å². The van der Waals surface area contributed by atoms with E-state index in [2.05, 4.69) is 9.97 Å². The first-order valence-corrected chi connectivity index (χ1v) is 6.88. The van der Waals surface area contributed by atoms with Crippen LogP contribution < -0.4 is 4.74 Å². The standard InChI is InChI=1S/C18H13N3O/c19-13-17-20-16-11-5-4-10-15(16)18(21-17)22-12-6-9-14-7-2-1-3-8-14/h1-11H,12H2/b9-6+. The van der Waals surface area contributed by atoms with E-state index in [0.29, 0.717) is 18.0 Å². The summed E-state index contributed by atoms with van der Waals surface area (Å²) in [6.07, 6.45) is 3.90. The van der Waals surface area contributed by atoms with Crippen molar-refractivity contribution in [3.05, 3.63) is 72.1 Å². The number of para-hydroxylation sites is 1. The Balaban J connectivity index is 1.79. The third kappa shape index (κ3) is 3.10. The largest absolute Gasteiger partial charge is 0.473 e. The van der Waals surface area contributed by atoms with Gasteiger partial charge in [-0.2, -0.15) is 10.2 Å².